The highest BCUT2D eigenvalue weighted by Crippen LogP contribution is 2.44. The van der Waals surface area contributed by atoms with Gasteiger partial charge in [0.15, 0.2) is 0 Å². The molecule has 5 nitrogen and oxygen atoms in total. The molecule has 1 amide bonds. The predicted octanol–water partition coefficient (Wildman–Crippen LogP) is 4.92. The van der Waals surface area contributed by atoms with Gasteiger partial charge in [-0.25, -0.2) is 9.18 Å². The van der Waals surface area contributed by atoms with Crippen molar-refractivity contribution in [2.45, 2.75) is 18.3 Å². The van der Waals surface area contributed by atoms with E-state index < -0.39 is 23.8 Å². The van der Waals surface area contributed by atoms with Gasteiger partial charge in [0.05, 0.1) is 5.92 Å². The summed E-state index contributed by atoms with van der Waals surface area (Å²) < 4.78 is 18.5. The number of carbonyl (C=O) groups is 2. The summed E-state index contributed by atoms with van der Waals surface area (Å²) in [4.78, 5) is 23.8. The molecule has 0 bridgehead atoms. The molecule has 1 atom stereocenters. The van der Waals surface area contributed by atoms with Crippen molar-refractivity contribution in [2.24, 2.45) is 0 Å². The van der Waals surface area contributed by atoms with Gasteiger partial charge in [0.2, 0.25) is 0 Å². The van der Waals surface area contributed by atoms with Crippen LogP contribution in [0.5, 0.6) is 0 Å². The Morgan fingerprint density at radius 1 is 0.935 bits per heavy atom. The van der Waals surface area contributed by atoms with Gasteiger partial charge in [-0.05, 0) is 46.4 Å². The number of amides is 1. The fraction of sp³-hybridized carbons (Fsp3) is 0.200. The molecular weight excluding hydrogens is 397 g/mol. The summed E-state index contributed by atoms with van der Waals surface area (Å²) in [6, 6.07) is 21.5. The highest BCUT2D eigenvalue weighted by Gasteiger charge is 2.29. The molecule has 0 saturated heterocycles. The quantitative estimate of drug-likeness (QED) is 0.570. The fourth-order valence-corrected chi connectivity index (χ4v) is 4.10. The van der Waals surface area contributed by atoms with E-state index in [1.807, 2.05) is 36.4 Å². The lowest BCUT2D eigenvalue weighted by atomic mass is 9.96. The third-order valence-electron chi connectivity index (χ3n) is 5.62. The number of nitrogens with one attached hydrogen (secondary N) is 1. The second-order valence-electron chi connectivity index (χ2n) is 7.48. The van der Waals surface area contributed by atoms with Crippen molar-refractivity contribution < 1.29 is 23.8 Å². The molecule has 1 aliphatic carbocycles. The number of rotatable bonds is 7. The number of hydrogen-bond donors (Lipinski definition) is 2. The Labute approximate surface area is 179 Å². The van der Waals surface area contributed by atoms with Gasteiger partial charge in [-0.3, -0.25) is 4.79 Å². The number of carbonyl (C=O) groups excluding carboxylic acids is 1. The lowest BCUT2D eigenvalue weighted by Crippen LogP contribution is -2.29. The zero-order valence-corrected chi connectivity index (χ0v) is 16.8. The average molecular weight is 419 g/mol. The minimum Gasteiger partial charge on any atom is -0.481 e. The Bertz CT molecular complexity index is 1050. The van der Waals surface area contributed by atoms with Crippen LogP contribution in [0.25, 0.3) is 11.1 Å². The van der Waals surface area contributed by atoms with E-state index in [9.17, 15) is 19.1 Å². The number of carboxylic acids is 1. The number of alkyl carbamates (subject to hydrolysis) is 1. The Morgan fingerprint density at radius 2 is 1.52 bits per heavy atom. The molecule has 1 unspecified atom stereocenters. The van der Waals surface area contributed by atoms with E-state index in [-0.39, 0.29) is 25.5 Å². The molecule has 1 aliphatic rings. The molecular formula is C25H22FNO4. The minimum atomic E-state index is -1.03. The lowest BCUT2D eigenvalue weighted by Gasteiger charge is -2.16. The van der Waals surface area contributed by atoms with Crippen molar-refractivity contribution in [1.29, 1.82) is 0 Å². The van der Waals surface area contributed by atoms with Crippen LogP contribution < -0.4 is 5.32 Å². The van der Waals surface area contributed by atoms with Gasteiger partial charge in [-0.1, -0.05) is 60.7 Å². The highest BCUT2D eigenvalue weighted by atomic mass is 19.1. The van der Waals surface area contributed by atoms with Crippen LogP contribution in [0.4, 0.5) is 9.18 Å². The molecule has 3 aromatic rings. The molecule has 6 heteroatoms. The molecule has 0 saturated carbocycles. The maximum atomic E-state index is 13.1. The zero-order chi connectivity index (χ0) is 21.8. The smallest absolute Gasteiger partial charge is 0.407 e. The summed E-state index contributed by atoms with van der Waals surface area (Å²) in [5.74, 6) is -2.33. The third kappa shape index (κ3) is 4.43. The molecule has 0 heterocycles. The number of halogens is 1. The summed E-state index contributed by atoms with van der Waals surface area (Å²) in [6.07, 6.45) is -0.421. The number of hydrogen-bond acceptors (Lipinski definition) is 3. The number of carboxylic acid groups (broad SMARTS) is 1. The maximum absolute atomic E-state index is 13.1. The molecule has 158 valence electrons. The molecule has 0 fully saturated rings. The van der Waals surface area contributed by atoms with E-state index >= 15 is 0 Å². The van der Waals surface area contributed by atoms with Gasteiger partial charge in [0, 0.05) is 12.5 Å². The molecule has 31 heavy (non-hydrogen) atoms. The number of ether oxygens (including phenoxy) is 1. The van der Waals surface area contributed by atoms with E-state index in [0.29, 0.717) is 5.56 Å². The summed E-state index contributed by atoms with van der Waals surface area (Å²) in [5, 5.41) is 12.1. The first-order valence-corrected chi connectivity index (χ1v) is 10.1. The fourth-order valence-electron chi connectivity index (χ4n) is 4.10. The monoisotopic (exact) mass is 419 g/mol. The number of fused-ring (bicyclic) bond motifs is 3. The van der Waals surface area contributed by atoms with Crippen LogP contribution >= 0.6 is 0 Å². The van der Waals surface area contributed by atoms with E-state index in [0.717, 1.165) is 22.3 Å². The van der Waals surface area contributed by atoms with Crippen molar-refractivity contribution in [3.05, 3.63) is 95.3 Å². The summed E-state index contributed by atoms with van der Waals surface area (Å²) in [7, 11) is 0. The molecule has 2 N–H and O–H groups in total. The first kappa shape index (κ1) is 20.6. The largest absolute Gasteiger partial charge is 0.481 e. The minimum absolute atomic E-state index is 0.0378. The van der Waals surface area contributed by atoms with Crippen molar-refractivity contribution in [1.82, 2.24) is 5.32 Å². The second kappa shape index (κ2) is 9.00. The Morgan fingerprint density at radius 3 is 2.10 bits per heavy atom. The Kier molecular flexibility index (Phi) is 5.98. The van der Waals surface area contributed by atoms with Crippen LogP contribution in [0.15, 0.2) is 72.8 Å². The molecule has 3 aromatic carbocycles. The van der Waals surface area contributed by atoms with Gasteiger partial charge < -0.3 is 15.2 Å². The second-order valence-corrected chi connectivity index (χ2v) is 7.48. The zero-order valence-electron chi connectivity index (χ0n) is 16.8. The first-order chi connectivity index (χ1) is 15.0. The van der Waals surface area contributed by atoms with E-state index in [1.165, 1.54) is 24.3 Å². The van der Waals surface area contributed by atoms with Gasteiger partial charge in [0.1, 0.15) is 12.4 Å². The van der Waals surface area contributed by atoms with E-state index in [2.05, 4.69) is 17.4 Å². The summed E-state index contributed by atoms with van der Waals surface area (Å²) in [5.41, 5.74) is 5.03. The normalized spacial score (nSPS) is 13.2. The van der Waals surface area contributed by atoms with E-state index in [1.54, 1.807) is 0 Å². The molecule has 0 aromatic heterocycles. The SMILES string of the molecule is O=C(NCCC(C(=O)O)c1ccc(F)cc1)OCC1c2ccccc2-c2ccccc21. The van der Waals surface area contributed by atoms with Crippen LogP contribution in [-0.4, -0.2) is 30.3 Å². The van der Waals surface area contributed by atoms with Gasteiger partial charge in [-0.15, -0.1) is 0 Å². The van der Waals surface area contributed by atoms with Crippen LogP contribution in [0.2, 0.25) is 0 Å². The van der Waals surface area contributed by atoms with Crippen molar-refractivity contribution >= 4 is 12.1 Å². The lowest BCUT2D eigenvalue weighted by molar-refractivity contribution is -0.138. The van der Waals surface area contributed by atoms with Crippen LogP contribution in [-0.2, 0) is 9.53 Å². The van der Waals surface area contributed by atoms with Gasteiger partial charge in [-0.2, -0.15) is 0 Å². The molecule has 0 spiro atoms. The standard InChI is InChI=1S/C25H22FNO4/c26-17-11-9-16(10-12-17)18(24(28)29)13-14-27-25(30)31-15-23-21-7-3-1-5-19(21)20-6-2-4-8-22(20)23/h1-12,18,23H,13-15H2,(H,27,30)(H,28,29). The van der Waals surface area contributed by atoms with Crippen LogP contribution in [0.3, 0.4) is 0 Å². The Balaban J connectivity index is 1.34. The summed E-state index contributed by atoms with van der Waals surface area (Å²) in [6.45, 7) is 0.325. The third-order valence-corrected chi connectivity index (χ3v) is 5.62. The molecule has 0 radical (unpaired) electrons. The first-order valence-electron chi connectivity index (χ1n) is 10.1. The maximum Gasteiger partial charge on any atom is 0.407 e. The molecule has 0 aliphatic heterocycles. The van der Waals surface area contributed by atoms with Crippen molar-refractivity contribution in [2.75, 3.05) is 13.2 Å². The topological polar surface area (TPSA) is 75.6 Å². The number of benzene rings is 3. The summed E-state index contributed by atoms with van der Waals surface area (Å²) >= 11 is 0. The van der Waals surface area contributed by atoms with Gasteiger partial charge in [0.25, 0.3) is 0 Å². The highest BCUT2D eigenvalue weighted by molar-refractivity contribution is 5.79. The van der Waals surface area contributed by atoms with Crippen LogP contribution in [0, 0.1) is 5.82 Å². The molecule has 4 rings (SSSR count). The van der Waals surface area contributed by atoms with Crippen LogP contribution in [0.1, 0.15) is 34.9 Å². The van der Waals surface area contributed by atoms with Crippen molar-refractivity contribution in [3.8, 4) is 11.1 Å². The predicted molar refractivity (Wildman–Crippen MR) is 114 cm³/mol. The van der Waals surface area contributed by atoms with Crippen molar-refractivity contribution in [3.63, 3.8) is 0 Å². The van der Waals surface area contributed by atoms with E-state index in [4.69, 9.17) is 4.74 Å². The number of aliphatic carboxylic acids is 1. The Hall–Kier alpha value is -3.67. The average Bonchev–Trinajstić information content (AvgIpc) is 3.10. The van der Waals surface area contributed by atoms with Gasteiger partial charge >= 0.3 is 12.1 Å².